The van der Waals surface area contributed by atoms with E-state index in [0.29, 0.717) is 12.1 Å². The van der Waals surface area contributed by atoms with Crippen LogP contribution in [0.3, 0.4) is 0 Å². The Hall–Kier alpha value is -5.09. The Balaban J connectivity index is 1.65. The van der Waals surface area contributed by atoms with Gasteiger partial charge in [0.25, 0.3) is 5.91 Å². The highest BCUT2D eigenvalue weighted by molar-refractivity contribution is 6.32. The maximum atomic E-state index is 15.1. The number of nitrogens with zero attached hydrogens (tertiary/aromatic N) is 2. The van der Waals surface area contributed by atoms with Crippen LogP contribution in [0.2, 0.25) is 10.0 Å². The lowest BCUT2D eigenvalue weighted by atomic mass is 10.1. The van der Waals surface area contributed by atoms with Gasteiger partial charge >= 0.3 is 24.4 Å². The van der Waals surface area contributed by atoms with E-state index in [-0.39, 0.29) is 22.1 Å². The smallest absolute Gasteiger partial charge is 0.417 e. The number of hydrogen-bond acceptors (Lipinski definition) is 5. The minimum atomic E-state index is -5.04. The van der Waals surface area contributed by atoms with E-state index < -0.39 is 74.4 Å². The molecule has 1 heterocycles. The molecular formula is C29H18Cl2F7N5O4. The molecule has 0 aliphatic rings. The van der Waals surface area contributed by atoms with Gasteiger partial charge < -0.3 is 20.7 Å². The van der Waals surface area contributed by atoms with Gasteiger partial charge in [-0.1, -0.05) is 23.2 Å². The molecule has 4 rings (SSSR count). The van der Waals surface area contributed by atoms with Crippen LogP contribution in [-0.4, -0.2) is 30.0 Å². The summed E-state index contributed by atoms with van der Waals surface area (Å²) >= 11 is 11.3. The van der Waals surface area contributed by atoms with Crippen LogP contribution in [0.25, 0.3) is 0 Å². The molecule has 3 N–H and O–H groups in total. The summed E-state index contributed by atoms with van der Waals surface area (Å²) in [6.45, 7) is 0. The number of halogens is 9. The summed E-state index contributed by atoms with van der Waals surface area (Å²) in [6.07, 6.45) is -8.72. The normalized spacial score (nSPS) is 11.4. The van der Waals surface area contributed by atoms with E-state index in [0.717, 1.165) is 36.4 Å². The van der Waals surface area contributed by atoms with Gasteiger partial charge in [-0.05, 0) is 54.6 Å². The summed E-state index contributed by atoms with van der Waals surface area (Å²) in [5, 5.41) is 4.90. The molecule has 0 bridgehead atoms. The number of hydrogen-bond donors (Lipinski definition) is 3. The average Bonchev–Trinajstić information content (AvgIpc) is 2.99. The van der Waals surface area contributed by atoms with Crippen LogP contribution in [0.5, 0.6) is 11.5 Å². The average molecular weight is 704 g/mol. The summed E-state index contributed by atoms with van der Waals surface area (Å²) in [6, 6.07) is 6.72. The third-order valence-electron chi connectivity index (χ3n) is 6.05. The van der Waals surface area contributed by atoms with Crippen molar-refractivity contribution in [1.82, 2.24) is 10.3 Å². The highest BCUT2D eigenvalue weighted by Crippen LogP contribution is 2.38. The molecule has 1 aromatic heterocycles. The molecule has 0 radical (unpaired) electrons. The lowest BCUT2D eigenvalue weighted by Gasteiger charge is -2.23. The van der Waals surface area contributed by atoms with Crippen LogP contribution in [0.4, 0.5) is 57.4 Å². The Morgan fingerprint density at radius 2 is 1.36 bits per heavy atom. The number of imide groups is 1. The molecule has 0 atom stereocenters. The minimum Gasteiger partial charge on any atom is -0.457 e. The van der Waals surface area contributed by atoms with Crippen molar-refractivity contribution in [1.29, 1.82) is 0 Å². The molecule has 4 aromatic rings. The van der Waals surface area contributed by atoms with Gasteiger partial charge in [-0.2, -0.15) is 26.3 Å². The molecule has 0 unspecified atom stereocenters. The number of rotatable bonds is 6. The summed E-state index contributed by atoms with van der Waals surface area (Å²) in [4.78, 5) is 42.3. The largest absolute Gasteiger partial charge is 0.457 e. The van der Waals surface area contributed by atoms with Gasteiger partial charge in [0.15, 0.2) is 0 Å². The fraction of sp³-hybridized carbons (Fsp3) is 0.103. The first-order valence-electron chi connectivity index (χ1n) is 12.8. The number of amides is 5. The summed E-state index contributed by atoms with van der Waals surface area (Å²) in [5.74, 6) is -1.67. The number of carbonyl (C=O) groups is 3. The molecule has 9 nitrogen and oxygen atoms in total. The molecule has 0 saturated heterocycles. The molecule has 3 aromatic carbocycles. The van der Waals surface area contributed by atoms with Crippen molar-refractivity contribution in [3.8, 4) is 11.5 Å². The lowest BCUT2D eigenvalue weighted by Crippen LogP contribution is -2.43. The topological polar surface area (TPSA) is 113 Å². The van der Waals surface area contributed by atoms with Crippen LogP contribution in [-0.2, 0) is 12.4 Å². The highest BCUT2D eigenvalue weighted by Gasteiger charge is 2.36. The van der Waals surface area contributed by atoms with Crippen LogP contribution in [0.1, 0.15) is 21.6 Å². The second-order valence-corrected chi connectivity index (χ2v) is 10.1. The fourth-order valence-corrected chi connectivity index (χ4v) is 4.34. The van der Waals surface area contributed by atoms with Gasteiger partial charge in [-0.3, -0.25) is 9.78 Å². The maximum absolute atomic E-state index is 15.1. The van der Waals surface area contributed by atoms with E-state index in [1.54, 1.807) is 0 Å². The number of alkyl halides is 6. The van der Waals surface area contributed by atoms with Crippen molar-refractivity contribution < 1.29 is 49.9 Å². The first kappa shape index (κ1) is 34.8. The third kappa shape index (κ3) is 8.39. The first-order chi connectivity index (χ1) is 22.0. The van der Waals surface area contributed by atoms with Crippen molar-refractivity contribution in [2.24, 2.45) is 0 Å². The van der Waals surface area contributed by atoms with Gasteiger partial charge in [0.05, 0.1) is 32.5 Å². The molecule has 246 valence electrons. The summed E-state index contributed by atoms with van der Waals surface area (Å²) < 4.78 is 101. The molecular weight excluding hydrogens is 686 g/mol. The van der Waals surface area contributed by atoms with E-state index in [9.17, 15) is 40.7 Å². The van der Waals surface area contributed by atoms with Gasteiger partial charge in [-0.15, -0.1) is 0 Å². The first-order valence-corrected chi connectivity index (χ1v) is 13.5. The monoisotopic (exact) mass is 703 g/mol. The van der Waals surface area contributed by atoms with E-state index in [2.05, 4.69) is 10.3 Å². The van der Waals surface area contributed by atoms with Crippen LogP contribution < -0.4 is 25.6 Å². The van der Waals surface area contributed by atoms with Crippen LogP contribution in [0.15, 0.2) is 72.9 Å². The number of ether oxygens (including phenoxy) is 1. The van der Waals surface area contributed by atoms with Gasteiger partial charge in [0, 0.05) is 31.1 Å². The van der Waals surface area contributed by atoms with Crippen molar-refractivity contribution in [3.05, 3.63) is 106 Å². The molecule has 0 saturated carbocycles. The Kier molecular flexibility index (Phi) is 10.2. The Morgan fingerprint density at radius 1 is 0.766 bits per heavy atom. The number of nitrogens with one attached hydrogen (secondary N) is 3. The van der Waals surface area contributed by atoms with Gasteiger partial charge in [0.2, 0.25) is 0 Å². The Bertz CT molecular complexity index is 1850. The SMILES string of the molecule is CNC(=O)c1cc(Oc2ccc(NC(=O)N(C(=O)Nc3ccc(Cl)c(C(F)(F)F)c3)c3ccc(Cl)c(C(F)(F)F)c3)c(F)c2)ccn1. The molecule has 0 aliphatic carbocycles. The van der Waals surface area contributed by atoms with E-state index in [1.807, 2.05) is 10.6 Å². The Morgan fingerprint density at radius 3 is 1.98 bits per heavy atom. The number of carbonyl (C=O) groups excluding carboxylic acids is 3. The minimum absolute atomic E-state index is 0.00293. The number of urea groups is 2. The molecule has 0 fully saturated rings. The van der Waals surface area contributed by atoms with E-state index in [4.69, 9.17) is 27.9 Å². The van der Waals surface area contributed by atoms with Gasteiger partial charge in [-0.25, -0.2) is 18.9 Å². The number of anilines is 3. The van der Waals surface area contributed by atoms with Crippen molar-refractivity contribution >= 4 is 58.2 Å². The van der Waals surface area contributed by atoms with Gasteiger partial charge in [0.1, 0.15) is 23.0 Å². The molecule has 0 aliphatic heterocycles. The lowest BCUT2D eigenvalue weighted by molar-refractivity contribution is -0.138. The quantitative estimate of drug-likeness (QED) is 0.174. The maximum Gasteiger partial charge on any atom is 0.417 e. The van der Waals surface area contributed by atoms with Crippen molar-refractivity contribution in [2.75, 3.05) is 22.6 Å². The van der Waals surface area contributed by atoms with Crippen molar-refractivity contribution in [3.63, 3.8) is 0 Å². The zero-order valence-electron chi connectivity index (χ0n) is 23.4. The molecule has 0 spiro atoms. The van der Waals surface area contributed by atoms with E-state index in [1.165, 1.54) is 31.4 Å². The zero-order chi connectivity index (χ0) is 34.7. The van der Waals surface area contributed by atoms with Crippen LogP contribution in [0, 0.1) is 5.82 Å². The number of aromatic nitrogens is 1. The standard InChI is InChI=1S/C29H18Cl2F7N5O4/c1-39-25(44)24-13-17(8-9-40-24)47-16-4-7-23(22(32)12-16)42-27(46)43(15-3-6-21(31)19(11-15)29(36,37)38)26(45)41-14-2-5-20(30)18(10-14)28(33,34)35/h2-13H,1H3,(H,39,44)(H,41,45)(H,42,46). The molecule has 47 heavy (non-hydrogen) atoms. The summed E-state index contributed by atoms with van der Waals surface area (Å²) in [7, 11) is 1.38. The fourth-order valence-electron chi connectivity index (χ4n) is 3.89. The number of benzene rings is 3. The second-order valence-electron chi connectivity index (χ2n) is 9.25. The van der Waals surface area contributed by atoms with Crippen LogP contribution >= 0.6 is 23.2 Å². The third-order valence-corrected chi connectivity index (χ3v) is 6.71. The molecule has 18 heteroatoms. The van der Waals surface area contributed by atoms with E-state index >= 15 is 4.39 Å². The molecule has 5 amide bonds. The summed E-state index contributed by atoms with van der Waals surface area (Å²) in [5.41, 5.74) is -4.63. The predicted octanol–water partition coefficient (Wildman–Crippen LogP) is 8.99. The highest BCUT2D eigenvalue weighted by atomic mass is 35.5. The second kappa shape index (κ2) is 13.7. The number of pyridine rings is 1. The predicted molar refractivity (Wildman–Crippen MR) is 158 cm³/mol. The zero-order valence-corrected chi connectivity index (χ0v) is 24.9. The Labute approximate surface area is 270 Å². The van der Waals surface area contributed by atoms with Crippen molar-refractivity contribution in [2.45, 2.75) is 12.4 Å².